The fraction of sp³-hybridized carbons (Fsp3) is 0.444. The second-order valence-corrected chi connectivity index (χ2v) is 11.3. The standard InChI is InChI=1S/C18H23N5O5S3/c1-4-12(14-8-5-10(2)28-14)19-16-17(22-30(25)21-16)20-13-9-29-18(15(13)24)31(26,27)23(3)11-6-7-11/h5,8-9,11-12,24H,4,6-7H2,1-3H3,(H,19,21)(H,20,22)/t12-,30?/m1/s1. The molecule has 0 aliphatic heterocycles. The van der Waals surface area contributed by atoms with Gasteiger partial charge in [-0.2, -0.15) is 4.31 Å². The van der Waals surface area contributed by atoms with Crippen LogP contribution in [0.3, 0.4) is 0 Å². The molecule has 2 atom stereocenters. The number of sulfonamides is 1. The summed E-state index contributed by atoms with van der Waals surface area (Å²) >= 11 is -0.827. The topological polar surface area (TPSA) is 147 Å². The number of furan rings is 1. The molecule has 1 aliphatic carbocycles. The van der Waals surface area contributed by atoms with E-state index in [1.54, 1.807) is 0 Å². The van der Waals surface area contributed by atoms with Crippen molar-refractivity contribution in [2.45, 2.75) is 49.4 Å². The summed E-state index contributed by atoms with van der Waals surface area (Å²) in [6.45, 7) is 3.78. The molecular weight excluding hydrogens is 462 g/mol. The maximum atomic E-state index is 12.8. The minimum absolute atomic E-state index is 0.0244. The lowest BCUT2D eigenvalue weighted by atomic mass is 10.2. The van der Waals surface area contributed by atoms with Crippen LogP contribution in [-0.4, -0.2) is 44.2 Å². The average molecular weight is 486 g/mol. The summed E-state index contributed by atoms with van der Waals surface area (Å²) in [6.07, 6.45) is 2.27. The predicted molar refractivity (Wildman–Crippen MR) is 117 cm³/mol. The SMILES string of the molecule is CC[C@@H](N=c1[nH][s+]([O-])nc1Nc1csc(S(=O)(=O)N(C)C2CC2)c1O)c1ccc(C)o1. The second-order valence-electron chi connectivity index (χ2n) is 7.30. The average Bonchev–Trinajstić information content (AvgIpc) is 3.24. The van der Waals surface area contributed by atoms with Gasteiger partial charge in [0, 0.05) is 22.8 Å². The smallest absolute Gasteiger partial charge is 0.256 e. The zero-order chi connectivity index (χ0) is 22.3. The first-order valence-electron chi connectivity index (χ1n) is 9.68. The maximum absolute atomic E-state index is 12.8. The first kappa shape index (κ1) is 22.0. The first-order valence-corrected chi connectivity index (χ1v) is 13.1. The normalized spacial score (nSPS) is 16.8. The molecule has 3 N–H and O–H groups in total. The van der Waals surface area contributed by atoms with Crippen LogP contribution in [-0.2, 0) is 10.0 Å². The van der Waals surface area contributed by atoms with E-state index in [1.807, 2.05) is 26.0 Å². The molecule has 1 fully saturated rings. The Balaban J connectivity index is 1.65. The number of aromatic amines is 1. The molecule has 1 unspecified atom stereocenters. The highest BCUT2D eigenvalue weighted by molar-refractivity contribution is 7.91. The van der Waals surface area contributed by atoms with Crippen LogP contribution in [0.4, 0.5) is 11.5 Å². The van der Waals surface area contributed by atoms with Crippen molar-refractivity contribution in [3.8, 4) is 5.75 Å². The van der Waals surface area contributed by atoms with Crippen molar-refractivity contribution >= 4 is 44.0 Å². The first-order chi connectivity index (χ1) is 14.7. The van der Waals surface area contributed by atoms with Crippen LogP contribution in [0.5, 0.6) is 5.75 Å². The van der Waals surface area contributed by atoms with Crippen molar-refractivity contribution in [2.75, 3.05) is 12.4 Å². The summed E-state index contributed by atoms with van der Waals surface area (Å²) in [5, 5.41) is 14.9. The van der Waals surface area contributed by atoms with Crippen LogP contribution in [0.15, 0.2) is 31.1 Å². The Morgan fingerprint density at radius 1 is 1.52 bits per heavy atom. The summed E-state index contributed by atoms with van der Waals surface area (Å²) in [4.78, 5) is 4.57. The molecule has 3 aromatic rings. The van der Waals surface area contributed by atoms with Crippen molar-refractivity contribution in [2.24, 2.45) is 4.99 Å². The molecule has 168 valence electrons. The number of H-pyrrole nitrogens is 1. The van der Waals surface area contributed by atoms with Gasteiger partial charge in [0.2, 0.25) is 11.3 Å². The maximum Gasteiger partial charge on any atom is 0.256 e. The quantitative estimate of drug-likeness (QED) is 0.414. The van der Waals surface area contributed by atoms with Gasteiger partial charge >= 0.3 is 0 Å². The van der Waals surface area contributed by atoms with E-state index in [9.17, 15) is 18.1 Å². The molecule has 0 saturated heterocycles. The Labute approximate surface area is 186 Å². The number of anilines is 2. The number of aryl methyl sites for hydroxylation is 1. The zero-order valence-corrected chi connectivity index (χ0v) is 19.6. The Morgan fingerprint density at radius 3 is 2.87 bits per heavy atom. The Kier molecular flexibility index (Phi) is 5.96. The highest BCUT2D eigenvalue weighted by Gasteiger charge is 2.37. The largest absolute Gasteiger partial charge is 0.548 e. The van der Waals surface area contributed by atoms with E-state index in [1.165, 1.54) is 16.7 Å². The van der Waals surface area contributed by atoms with Gasteiger partial charge in [-0.25, -0.2) is 13.4 Å². The molecule has 0 bridgehead atoms. The summed E-state index contributed by atoms with van der Waals surface area (Å²) in [5.74, 6) is 1.18. The number of nitrogens with zero attached hydrogens (tertiary/aromatic N) is 3. The molecular formula is C18H23N5O5S3. The van der Waals surface area contributed by atoms with Gasteiger partial charge in [0.05, 0.1) is 5.69 Å². The van der Waals surface area contributed by atoms with Crippen molar-refractivity contribution in [3.05, 3.63) is 34.5 Å². The zero-order valence-electron chi connectivity index (χ0n) is 17.2. The number of aromatic nitrogens is 2. The molecule has 1 aliphatic rings. The third-order valence-electron chi connectivity index (χ3n) is 5.00. The molecule has 10 nitrogen and oxygen atoms in total. The van der Waals surface area contributed by atoms with Crippen LogP contribution >= 0.6 is 22.5 Å². The van der Waals surface area contributed by atoms with Gasteiger partial charge in [0.25, 0.3) is 10.0 Å². The molecule has 0 spiro atoms. The van der Waals surface area contributed by atoms with E-state index in [-0.39, 0.29) is 33.3 Å². The van der Waals surface area contributed by atoms with Crippen LogP contribution in [0.1, 0.15) is 43.7 Å². The van der Waals surface area contributed by atoms with Gasteiger partial charge in [-0.3, -0.25) is 0 Å². The van der Waals surface area contributed by atoms with E-state index in [2.05, 4.69) is 19.1 Å². The Bertz CT molecular complexity index is 1250. The van der Waals surface area contributed by atoms with Gasteiger partial charge < -0.3 is 19.4 Å². The van der Waals surface area contributed by atoms with Gasteiger partial charge in [0.1, 0.15) is 17.6 Å². The van der Waals surface area contributed by atoms with E-state index in [0.29, 0.717) is 12.2 Å². The number of rotatable bonds is 8. The molecule has 3 aromatic heterocycles. The van der Waals surface area contributed by atoms with Crippen LogP contribution in [0, 0.1) is 6.92 Å². The van der Waals surface area contributed by atoms with E-state index in [4.69, 9.17) is 4.42 Å². The number of aromatic hydroxyl groups is 1. The van der Waals surface area contributed by atoms with Crippen molar-refractivity contribution in [3.63, 3.8) is 0 Å². The van der Waals surface area contributed by atoms with E-state index >= 15 is 0 Å². The van der Waals surface area contributed by atoms with E-state index in [0.717, 1.165) is 29.9 Å². The van der Waals surface area contributed by atoms with E-state index < -0.39 is 26.9 Å². The molecule has 1 saturated carbocycles. The molecule has 13 heteroatoms. The summed E-state index contributed by atoms with van der Waals surface area (Å²) in [5.41, 5.74) is 0.395. The van der Waals surface area contributed by atoms with Gasteiger partial charge in [-0.05, 0) is 38.3 Å². The van der Waals surface area contributed by atoms with Crippen molar-refractivity contribution in [1.82, 2.24) is 13.1 Å². The lowest BCUT2D eigenvalue weighted by Crippen LogP contribution is -2.28. The minimum atomic E-state index is -3.80. The second kappa shape index (κ2) is 8.39. The molecule has 0 aromatic carbocycles. The number of hydrogen-bond acceptors (Lipinski definition) is 9. The third kappa shape index (κ3) is 4.41. The highest BCUT2D eigenvalue weighted by atomic mass is 32.2. The van der Waals surface area contributed by atoms with Gasteiger partial charge in [-0.1, -0.05) is 6.92 Å². The fourth-order valence-corrected chi connectivity index (χ4v) is 6.57. The summed E-state index contributed by atoms with van der Waals surface area (Å²) < 4.78 is 51.0. The van der Waals surface area contributed by atoms with Crippen LogP contribution in [0.2, 0.25) is 0 Å². The molecule has 3 heterocycles. The molecule has 4 rings (SSSR count). The lowest BCUT2D eigenvalue weighted by Gasteiger charge is -2.15. The van der Waals surface area contributed by atoms with Crippen LogP contribution < -0.4 is 10.8 Å². The van der Waals surface area contributed by atoms with Crippen LogP contribution in [0.25, 0.3) is 0 Å². The van der Waals surface area contributed by atoms with Gasteiger partial charge in [0.15, 0.2) is 21.1 Å². The summed E-state index contributed by atoms with van der Waals surface area (Å²) in [7, 11) is -2.28. The number of hydrogen-bond donors (Lipinski definition) is 3. The minimum Gasteiger partial charge on any atom is -0.548 e. The molecule has 31 heavy (non-hydrogen) atoms. The highest BCUT2D eigenvalue weighted by Crippen LogP contribution is 2.42. The number of nitrogens with one attached hydrogen (secondary N) is 2. The predicted octanol–water partition coefficient (Wildman–Crippen LogP) is 3.38. The van der Waals surface area contributed by atoms with Gasteiger partial charge in [-0.15, -0.1) is 15.7 Å². The monoisotopic (exact) mass is 485 g/mol. The summed E-state index contributed by atoms with van der Waals surface area (Å²) in [6, 6.07) is 3.33. The lowest BCUT2D eigenvalue weighted by molar-refractivity contribution is 0.438. The number of thiophene rings is 1. The third-order valence-corrected chi connectivity index (χ3v) is 9.12. The van der Waals surface area contributed by atoms with Crippen molar-refractivity contribution < 1.29 is 22.5 Å². The fourth-order valence-electron chi connectivity index (χ4n) is 3.09. The molecule has 0 amide bonds. The Hall–Kier alpha value is -2.19. The Morgan fingerprint density at radius 2 is 2.26 bits per heavy atom. The molecule has 0 radical (unpaired) electrons. The van der Waals surface area contributed by atoms with Crippen molar-refractivity contribution in [1.29, 1.82) is 0 Å².